The van der Waals surface area contributed by atoms with Crippen molar-refractivity contribution >= 4 is 0 Å². The van der Waals surface area contributed by atoms with Crippen molar-refractivity contribution < 1.29 is 4.74 Å². The lowest BCUT2D eigenvalue weighted by Crippen LogP contribution is -2.24. The maximum absolute atomic E-state index is 6.03. The fourth-order valence-electron chi connectivity index (χ4n) is 3.01. The first-order chi connectivity index (χ1) is 8.65. The summed E-state index contributed by atoms with van der Waals surface area (Å²) in [5, 5.41) is 0. The third-order valence-corrected chi connectivity index (χ3v) is 4.04. The number of hydrogen-bond donors (Lipinski definition) is 1. The van der Waals surface area contributed by atoms with Gasteiger partial charge in [-0.15, -0.1) is 0 Å². The van der Waals surface area contributed by atoms with Gasteiger partial charge in [0, 0.05) is 12.5 Å². The molecule has 0 amide bonds. The first kappa shape index (κ1) is 13.4. The second-order valence-electron chi connectivity index (χ2n) is 5.40. The molecular formula is C15H24N2O. The summed E-state index contributed by atoms with van der Waals surface area (Å²) in [5.74, 6) is 2.03. The lowest BCUT2D eigenvalue weighted by Gasteiger charge is -2.24. The van der Waals surface area contributed by atoms with Crippen LogP contribution in [-0.4, -0.2) is 38.7 Å². The van der Waals surface area contributed by atoms with E-state index >= 15 is 0 Å². The second kappa shape index (κ2) is 5.72. The monoisotopic (exact) mass is 248 g/mol. The average molecular weight is 248 g/mol. The van der Waals surface area contributed by atoms with E-state index in [1.165, 1.54) is 24.1 Å². The third kappa shape index (κ3) is 2.68. The van der Waals surface area contributed by atoms with Crippen LogP contribution in [0.4, 0.5) is 0 Å². The number of likely N-dealkylation sites (tertiary alicyclic amines) is 1. The van der Waals surface area contributed by atoms with E-state index < -0.39 is 0 Å². The number of methoxy groups -OCH3 is 1. The minimum atomic E-state index is 0.407. The molecule has 0 radical (unpaired) electrons. The highest BCUT2D eigenvalue weighted by Crippen LogP contribution is 2.36. The molecule has 1 aromatic carbocycles. The quantitative estimate of drug-likeness (QED) is 0.885. The lowest BCUT2D eigenvalue weighted by atomic mass is 9.84. The van der Waals surface area contributed by atoms with Crippen LogP contribution in [-0.2, 0) is 0 Å². The van der Waals surface area contributed by atoms with E-state index in [1.54, 1.807) is 7.11 Å². The summed E-state index contributed by atoms with van der Waals surface area (Å²) in [7, 11) is 3.92. The fraction of sp³-hybridized carbons (Fsp3) is 0.600. The van der Waals surface area contributed by atoms with Gasteiger partial charge in [0.25, 0.3) is 0 Å². The van der Waals surface area contributed by atoms with Crippen LogP contribution in [0.1, 0.15) is 23.5 Å². The number of benzene rings is 1. The Morgan fingerprint density at radius 1 is 1.50 bits per heavy atom. The Bertz CT molecular complexity index is 405. The van der Waals surface area contributed by atoms with E-state index in [-0.39, 0.29) is 0 Å². The summed E-state index contributed by atoms with van der Waals surface area (Å²) in [5.41, 5.74) is 8.58. The third-order valence-electron chi connectivity index (χ3n) is 4.04. The highest BCUT2D eigenvalue weighted by molar-refractivity contribution is 5.40. The van der Waals surface area contributed by atoms with Gasteiger partial charge < -0.3 is 15.4 Å². The molecule has 2 unspecified atom stereocenters. The van der Waals surface area contributed by atoms with Crippen molar-refractivity contribution in [1.82, 2.24) is 4.90 Å². The molecule has 0 spiro atoms. The molecule has 1 saturated heterocycles. The Balaban J connectivity index is 2.29. The topological polar surface area (TPSA) is 38.5 Å². The minimum absolute atomic E-state index is 0.407. The normalized spacial score (nSPS) is 22.1. The molecule has 0 bridgehead atoms. The van der Waals surface area contributed by atoms with Crippen molar-refractivity contribution in [2.75, 3.05) is 33.8 Å². The van der Waals surface area contributed by atoms with Crippen molar-refractivity contribution in [1.29, 1.82) is 0 Å². The lowest BCUT2D eigenvalue weighted by molar-refractivity contribution is 0.359. The summed E-state index contributed by atoms with van der Waals surface area (Å²) in [6.07, 6.45) is 1.23. The van der Waals surface area contributed by atoms with Crippen molar-refractivity contribution in [2.45, 2.75) is 19.3 Å². The number of aryl methyl sites for hydroxylation is 1. The van der Waals surface area contributed by atoms with Crippen LogP contribution in [0, 0.1) is 12.8 Å². The molecule has 3 nitrogen and oxygen atoms in total. The van der Waals surface area contributed by atoms with E-state index in [1.807, 2.05) is 0 Å². The second-order valence-corrected chi connectivity index (χ2v) is 5.40. The molecule has 2 atom stereocenters. The Morgan fingerprint density at radius 2 is 2.28 bits per heavy atom. The summed E-state index contributed by atoms with van der Waals surface area (Å²) in [6, 6.07) is 6.39. The smallest absolute Gasteiger partial charge is 0.122 e. The average Bonchev–Trinajstić information content (AvgIpc) is 2.77. The zero-order valence-electron chi connectivity index (χ0n) is 11.6. The zero-order valence-corrected chi connectivity index (χ0v) is 11.6. The first-order valence-corrected chi connectivity index (χ1v) is 6.69. The molecule has 18 heavy (non-hydrogen) atoms. The number of nitrogens with zero attached hydrogens (tertiary/aromatic N) is 1. The standard InChI is InChI=1S/C15H24N2O/c1-11-4-5-15(18-3)13(8-11)14(9-16)12-6-7-17(2)10-12/h4-5,8,12,14H,6-7,9-10,16H2,1-3H3. The summed E-state index contributed by atoms with van der Waals surface area (Å²) in [4.78, 5) is 2.38. The van der Waals surface area contributed by atoms with Gasteiger partial charge >= 0.3 is 0 Å². The van der Waals surface area contributed by atoms with Crippen LogP contribution < -0.4 is 10.5 Å². The fourth-order valence-corrected chi connectivity index (χ4v) is 3.01. The SMILES string of the molecule is COc1ccc(C)cc1C(CN)C1CCN(C)C1. The largest absolute Gasteiger partial charge is 0.496 e. The Hall–Kier alpha value is -1.06. The maximum Gasteiger partial charge on any atom is 0.122 e. The molecule has 1 aliphatic rings. The van der Waals surface area contributed by atoms with Crippen LogP contribution in [0.3, 0.4) is 0 Å². The van der Waals surface area contributed by atoms with E-state index in [2.05, 4.69) is 37.1 Å². The molecule has 0 aromatic heterocycles. The predicted molar refractivity (Wildman–Crippen MR) is 75.1 cm³/mol. The molecule has 2 rings (SSSR count). The zero-order chi connectivity index (χ0) is 13.1. The minimum Gasteiger partial charge on any atom is -0.496 e. The molecule has 1 aliphatic heterocycles. The Kier molecular flexibility index (Phi) is 4.25. The summed E-state index contributed by atoms with van der Waals surface area (Å²) < 4.78 is 5.50. The number of nitrogens with two attached hydrogens (primary N) is 1. The van der Waals surface area contributed by atoms with Gasteiger partial charge in [0.2, 0.25) is 0 Å². The summed E-state index contributed by atoms with van der Waals surface area (Å²) >= 11 is 0. The highest BCUT2D eigenvalue weighted by atomic mass is 16.5. The van der Waals surface area contributed by atoms with Gasteiger partial charge in [-0.05, 0) is 51.0 Å². The van der Waals surface area contributed by atoms with Crippen molar-refractivity contribution in [2.24, 2.45) is 11.7 Å². The van der Waals surface area contributed by atoms with Gasteiger partial charge in [-0.3, -0.25) is 0 Å². The number of rotatable bonds is 4. The van der Waals surface area contributed by atoms with Gasteiger partial charge in [0.05, 0.1) is 7.11 Å². The van der Waals surface area contributed by atoms with E-state index in [0.29, 0.717) is 18.4 Å². The molecule has 1 aromatic rings. The van der Waals surface area contributed by atoms with E-state index in [4.69, 9.17) is 10.5 Å². The molecule has 2 N–H and O–H groups in total. The van der Waals surface area contributed by atoms with E-state index in [0.717, 1.165) is 12.3 Å². The Morgan fingerprint density at radius 3 is 2.83 bits per heavy atom. The van der Waals surface area contributed by atoms with Gasteiger partial charge in [0.15, 0.2) is 0 Å². The van der Waals surface area contributed by atoms with Crippen molar-refractivity contribution in [3.63, 3.8) is 0 Å². The van der Waals surface area contributed by atoms with Crippen molar-refractivity contribution in [3.8, 4) is 5.75 Å². The Labute approximate surface area is 110 Å². The molecule has 0 aliphatic carbocycles. The van der Waals surface area contributed by atoms with Gasteiger partial charge in [-0.2, -0.15) is 0 Å². The van der Waals surface area contributed by atoms with Crippen LogP contribution in [0.15, 0.2) is 18.2 Å². The maximum atomic E-state index is 6.03. The van der Waals surface area contributed by atoms with Gasteiger partial charge in [-0.1, -0.05) is 17.7 Å². The highest BCUT2D eigenvalue weighted by Gasteiger charge is 2.29. The molecule has 1 heterocycles. The van der Waals surface area contributed by atoms with Gasteiger partial charge in [0.1, 0.15) is 5.75 Å². The first-order valence-electron chi connectivity index (χ1n) is 6.69. The molecule has 0 saturated carbocycles. The van der Waals surface area contributed by atoms with E-state index in [9.17, 15) is 0 Å². The van der Waals surface area contributed by atoms with Crippen LogP contribution in [0.25, 0.3) is 0 Å². The predicted octanol–water partition coefficient (Wildman–Crippen LogP) is 2.00. The van der Waals surface area contributed by atoms with Crippen LogP contribution >= 0.6 is 0 Å². The van der Waals surface area contributed by atoms with Gasteiger partial charge in [-0.25, -0.2) is 0 Å². The molecule has 100 valence electrons. The molecule has 3 heteroatoms. The van der Waals surface area contributed by atoms with Crippen molar-refractivity contribution in [3.05, 3.63) is 29.3 Å². The number of ether oxygens (including phenoxy) is 1. The number of hydrogen-bond acceptors (Lipinski definition) is 3. The molecule has 1 fully saturated rings. The van der Waals surface area contributed by atoms with Crippen LogP contribution in [0.2, 0.25) is 0 Å². The molecular weight excluding hydrogens is 224 g/mol. The van der Waals surface area contributed by atoms with Crippen LogP contribution in [0.5, 0.6) is 5.75 Å². The summed E-state index contributed by atoms with van der Waals surface area (Å²) in [6.45, 7) is 5.13.